The molecule has 2 heterocycles. The van der Waals surface area contributed by atoms with Gasteiger partial charge in [-0.3, -0.25) is 14.5 Å². The molecular weight excluding hydrogens is 382 g/mol. The number of H-pyrrole nitrogens is 1. The number of amides is 2. The summed E-state index contributed by atoms with van der Waals surface area (Å²) in [5.41, 5.74) is 1.10. The Kier molecular flexibility index (Phi) is 4.87. The highest BCUT2D eigenvalue weighted by Gasteiger charge is 2.49. The molecule has 0 bridgehead atoms. The van der Waals surface area contributed by atoms with Crippen molar-refractivity contribution in [1.29, 1.82) is 0 Å². The number of hydrogen-bond donors (Lipinski definition) is 2. The fraction of sp³-hybridized carbons (Fsp3) is 0.174. The minimum Gasteiger partial charge on any atom is -0.441 e. The number of hydrogen-bond acceptors (Lipinski definition) is 4. The molecule has 1 atom stereocenters. The molecule has 0 spiro atoms. The van der Waals surface area contributed by atoms with Crippen molar-refractivity contribution in [3.63, 3.8) is 0 Å². The summed E-state index contributed by atoms with van der Waals surface area (Å²) in [4.78, 5) is 41.3. The van der Waals surface area contributed by atoms with Crippen molar-refractivity contribution in [1.82, 2.24) is 4.98 Å². The average molecular weight is 403 g/mol. The molecule has 1 aliphatic heterocycles. The predicted molar refractivity (Wildman–Crippen MR) is 114 cm³/mol. The third kappa shape index (κ3) is 3.57. The van der Waals surface area contributed by atoms with Gasteiger partial charge in [-0.25, -0.2) is 4.79 Å². The zero-order valence-corrected chi connectivity index (χ0v) is 16.6. The van der Waals surface area contributed by atoms with Crippen molar-refractivity contribution in [2.75, 3.05) is 10.2 Å². The van der Waals surface area contributed by atoms with E-state index in [0.717, 1.165) is 5.56 Å². The molecule has 1 unspecified atom stereocenters. The van der Waals surface area contributed by atoms with E-state index < -0.39 is 17.6 Å². The fourth-order valence-corrected chi connectivity index (χ4v) is 3.67. The fourth-order valence-electron chi connectivity index (χ4n) is 3.67. The van der Waals surface area contributed by atoms with Gasteiger partial charge in [0.25, 0.3) is 5.91 Å². The maximum atomic E-state index is 12.7. The topological polar surface area (TPSA) is 91.5 Å². The van der Waals surface area contributed by atoms with Crippen LogP contribution in [0, 0.1) is 0 Å². The molecule has 1 aliphatic rings. The van der Waals surface area contributed by atoms with Crippen LogP contribution in [0.2, 0.25) is 0 Å². The van der Waals surface area contributed by atoms with Crippen molar-refractivity contribution in [3.05, 3.63) is 94.4 Å². The van der Waals surface area contributed by atoms with Crippen LogP contribution in [0.5, 0.6) is 0 Å². The smallest absolute Gasteiger partial charge is 0.415 e. The Labute approximate surface area is 173 Å². The Hall–Kier alpha value is -3.87. The van der Waals surface area contributed by atoms with Crippen LogP contribution in [0.1, 0.15) is 35.8 Å². The second-order valence-electron chi connectivity index (χ2n) is 7.58. The zero-order chi connectivity index (χ0) is 21.3. The number of aromatic nitrogens is 1. The first-order valence-corrected chi connectivity index (χ1v) is 9.52. The van der Waals surface area contributed by atoms with Crippen molar-refractivity contribution >= 4 is 23.4 Å². The monoisotopic (exact) mass is 403 g/mol. The van der Waals surface area contributed by atoms with E-state index in [9.17, 15) is 14.4 Å². The maximum Gasteiger partial charge on any atom is 0.415 e. The van der Waals surface area contributed by atoms with Crippen molar-refractivity contribution < 1.29 is 14.3 Å². The number of nitrogens with zero attached hydrogens (tertiary/aromatic N) is 1. The van der Waals surface area contributed by atoms with Gasteiger partial charge in [-0.05, 0) is 43.7 Å². The normalized spacial score (nSPS) is 17.5. The van der Waals surface area contributed by atoms with Gasteiger partial charge in [-0.1, -0.05) is 30.3 Å². The van der Waals surface area contributed by atoms with Gasteiger partial charge in [-0.15, -0.1) is 0 Å². The molecule has 0 radical (unpaired) electrons. The molecule has 0 aliphatic carbocycles. The van der Waals surface area contributed by atoms with Crippen LogP contribution < -0.4 is 15.6 Å². The second-order valence-corrected chi connectivity index (χ2v) is 7.58. The van der Waals surface area contributed by atoms with E-state index in [1.165, 1.54) is 18.5 Å². The Balaban J connectivity index is 1.61. The van der Waals surface area contributed by atoms with Gasteiger partial charge in [0.15, 0.2) is 0 Å². The van der Waals surface area contributed by atoms with Crippen LogP contribution in [0.15, 0.2) is 77.9 Å². The lowest BCUT2D eigenvalue weighted by Gasteiger charge is -2.29. The standard InChI is InChI=1S/C23H21N3O4/c1-23(2)20(15-6-4-3-5-7-15)26(22(29)30-23)17-10-8-16(9-11-17)21(28)25-18-14-24-13-12-19(18)27/h3-14,20H,1-2H3,(H,24,27)(H,25,28). The molecule has 30 heavy (non-hydrogen) atoms. The summed E-state index contributed by atoms with van der Waals surface area (Å²) in [5, 5.41) is 2.58. The predicted octanol–water partition coefficient (Wildman–Crippen LogP) is 4.10. The first-order chi connectivity index (χ1) is 14.4. The molecule has 2 aromatic carbocycles. The number of pyridine rings is 1. The van der Waals surface area contributed by atoms with E-state index in [1.54, 1.807) is 29.2 Å². The van der Waals surface area contributed by atoms with Crippen molar-refractivity contribution in [3.8, 4) is 0 Å². The molecule has 3 aromatic rings. The number of nitrogens with one attached hydrogen (secondary N) is 2. The summed E-state index contributed by atoms with van der Waals surface area (Å²) in [6, 6.07) is 17.3. The molecule has 1 saturated heterocycles. The van der Waals surface area contributed by atoms with Gasteiger partial charge < -0.3 is 15.0 Å². The largest absolute Gasteiger partial charge is 0.441 e. The summed E-state index contributed by atoms with van der Waals surface area (Å²) in [6.07, 6.45) is 2.48. The van der Waals surface area contributed by atoms with E-state index in [4.69, 9.17) is 4.74 Å². The van der Waals surface area contributed by atoms with Crippen molar-refractivity contribution in [2.45, 2.75) is 25.5 Å². The van der Waals surface area contributed by atoms with Crippen LogP contribution in [0.4, 0.5) is 16.2 Å². The average Bonchev–Trinajstić information content (AvgIpc) is 2.98. The van der Waals surface area contributed by atoms with Crippen LogP contribution in [0.3, 0.4) is 0 Å². The summed E-state index contributed by atoms with van der Waals surface area (Å²) >= 11 is 0. The van der Waals surface area contributed by atoms with E-state index in [1.807, 2.05) is 44.2 Å². The van der Waals surface area contributed by atoms with Crippen molar-refractivity contribution in [2.24, 2.45) is 0 Å². The SMILES string of the molecule is CC1(C)OC(=O)N(c2ccc(C(=O)Nc3c[nH]ccc3=O)cc2)C1c1ccccc1. The molecule has 0 saturated carbocycles. The number of carbonyl (C=O) groups excluding carboxylic acids is 2. The van der Waals surface area contributed by atoms with Crippen LogP contribution in [-0.2, 0) is 4.74 Å². The minimum absolute atomic E-state index is 0.167. The van der Waals surface area contributed by atoms with Gasteiger partial charge in [-0.2, -0.15) is 0 Å². The number of aromatic amines is 1. The molecule has 1 fully saturated rings. The van der Waals surface area contributed by atoms with Crippen LogP contribution in [-0.4, -0.2) is 22.6 Å². The molecule has 4 rings (SSSR count). The summed E-state index contributed by atoms with van der Waals surface area (Å²) in [5.74, 6) is -0.415. The zero-order valence-electron chi connectivity index (χ0n) is 16.6. The number of benzene rings is 2. The van der Waals surface area contributed by atoms with Gasteiger partial charge in [0.1, 0.15) is 17.3 Å². The summed E-state index contributed by atoms with van der Waals surface area (Å²) in [6.45, 7) is 3.75. The summed E-state index contributed by atoms with van der Waals surface area (Å²) in [7, 11) is 0. The van der Waals surface area contributed by atoms with Gasteiger partial charge in [0, 0.05) is 29.7 Å². The molecule has 1 aromatic heterocycles. The molecule has 2 N–H and O–H groups in total. The highest BCUT2D eigenvalue weighted by atomic mass is 16.6. The highest BCUT2D eigenvalue weighted by molar-refractivity contribution is 6.04. The Morgan fingerprint density at radius 2 is 1.73 bits per heavy atom. The lowest BCUT2D eigenvalue weighted by atomic mass is 9.91. The number of cyclic esters (lactones) is 1. The Morgan fingerprint density at radius 1 is 1.03 bits per heavy atom. The first kappa shape index (κ1) is 19.4. The van der Waals surface area contributed by atoms with E-state index in [-0.39, 0.29) is 17.2 Å². The number of ether oxygens (including phenoxy) is 1. The third-order valence-corrected chi connectivity index (χ3v) is 5.06. The third-order valence-electron chi connectivity index (χ3n) is 5.06. The summed E-state index contributed by atoms with van der Waals surface area (Å²) < 4.78 is 5.62. The first-order valence-electron chi connectivity index (χ1n) is 9.52. The van der Waals surface area contributed by atoms with E-state index >= 15 is 0 Å². The van der Waals surface area contributed by atoms with E-state index in [2.05, 4.69) is 10.3 Å². The Morgan fingerprint density at radius 3 is 2.40 bits per heavy atom. The van der Waals surface area contributed by atoms with Crippen LogP contribution in [0.25, 0.3) is 0 Å². The molecule has 2 amide bonds. The van der Waals surface area contributed by atoms with Gasteiger partial charge in [0.05, 0.1) is 0 Å². The molecule has 152 valence electrons. The molecular formula is C23H21N3O4. The molecule has 7 nitrogen and oxygen atoms in total. The molecule has 7 heteroatoms. The van der Waals surface area contributed by atoms with E-state index in [0.29, 0.717) is 11.3 Å². The highest BCUT2D eigenvalue weighted by Crippen LogP contribution is 2.43. The number of rotatable bonds is 4. The van der Waals surface area contributed by atoms with Gasteiger partial charge >= 0.3 is 6.09 Å². The lowest BCUT2D eigenvalue weighted by molar-refractivity contribution is 0.0685. The quantitative estimate of drug-likeness (QED) is 0.686. The van der Waals surface area contributed by atoms with Gasteiger partial charge in [0.2, 0.25) is 5.43 Å². The number of carbonyl (C=O) groups is 2. The minimum atomic E-state index is -0.719. The maximum absolute atomic E-state index is 12.7. The Bertz CT molecular complexity index is 1140. The van der Waals surface area contributed by atoms with Crippen LogP contribution >= 0.6 is 0 Å². The lowest BCUT2D eigenvalue weighted by Crippen LogP contribution is -2.33. The second kappa shape index (κ2) is 7.51. The number of anilines is 2.